The fraction of sp³-hybridized carbons (Fsp3) is 0.0909. The zero-order valence-electron chi connectivity index (χ0n) is 8.22. The Kier molecular flexibility index (Phi) is 3.31. The number of halogens is 1. The lowest BCUT2D eigenvalue weighted by atomic mass is 10.1. The largest absolute Gasteiger partial charge is 0.264 e. The van der Waals surface area contributed by atoms with Gasteiger partial charge in [0.1, 0.15) is 0 Å². The van der Waals surface area contributed by atoms with Crippen LogP contribution < -0.4 is 0 Å². The molecule has 0 N–H and O–H groups in total. The number of fused-ring (bicyclic) bond motifs is 1. The summed E-state index contributed by atoms with van der Waals surface area (Å²) in [6.45, 7) is 0. The Bertz CT molecular complexity index is 544. The number of benzene rings is 2. The van der Waals surface area contributed by atoms with E-state index < -0.39 is 0 Å². The molecule has 2 aromatic rings. The van der Waals surface area contributed by atoms with Crippen LogP contribution in [0.25, 0.3) is 10.8 Å². The van der Waals surface area contributed by atoms with Crippen molar-refractivity contribution >= 4 is 34.1 Å². The summed E-state index contributed by atoms with van der Waals surface area (Å²) in [5.41, 5.74) is 0. The second-order valence-corrected chi connectivity index (χ2v) is 4.65. The van der Waals surface area contributed by atoms with Crippen molar-refractivity contribution in [2.24, 2.45) is 0 Å². The molecule has 0 saturated heterocycles. The van der Waals surface area contributed by atoms with E-state index in [1.807, 2.05) is 36.4 Å². The van der Waals surface area contributed by atoms with Gasteiger partial charge in [0, 0.05) is 14.8 Å². The molecule has 3 nitrogen and oxygen atoms in total. The molecular formula is C11H8ClNO2S. The minimum atomic E-state index is -0.339. The summed E-state index contributed by atoms with van der Waals surface area (Å²) in [6.07, 6.45) is 0. The van der Waals surface area contributed by atoms with E-state index in [0.29, 0.717) is 5.02 Å². The number of nitro groups is 1. The third kappa shape index (κ3) is 2.46. The average molecular weight is 254 g/mol. The van der Waals surface area contributed by atoms with Crippen LogP contribution in [-0.4, -0.2) is 10.8 Å². The summed E-state index contributed by atoms with van der Waals surface area (Å²) < 4.78 is 0. The lowest BCUT2D eigenvalue weighted by Crippen LogP contribution is -1.95. The number of thioether (sulfide) groups is 1. The molecule has 2 rings (SSSR count). The first-order chi connectivity index (χ1) is 7.66. The molecule has 0 fully saturated rings. The van der Waals surface area contributed by atoms with Crippen LogP contribution in [0.2, 0.25) is 5.02 Å². The van der Waals surface area contributed by atoms with E-state index in [-0.39, 0.29) is 10.8 Å². The van der Waals surface area contributed by atoms with E-state index in [9.17, 15) is 10.1 Å². The number of hydrogen-bond acceptors (Lipinski definition) is 3. The number of hydrogen-bond donors (Lipinski definition) is 0. The molecule has 0 unspecified atom stereocenters. The summed E-state index contributed by atoms with van der Waals surface area (Å²) in [6, 6.07) is 11.3. The van der Waals surface area contributed by atoms with Gasteiger partial charge in [0.2, 0.25) is 0 Å². The molecule has 0 bridgehead atoms. The van der Waals surface area contributed by atoms with E-state index in [4.69, 9.17) is 11.6 Å². The zero-order chi connectivity index (χ0) is 11.5. The average Bonchev–Trinajstić information content (AvgIpc) is 2.26. The smallest absolute Gasteiger partial charge is 0.253 e. The maximum Gasteiger partial charge on any atom is 0.253 e. The van der Waals surface area contributed by atoms with Crippen LogP contribution in [0.3, 0.4) is 0 Å². The van der Waals surface area contributed by atoms with Crippen LogP contribution in [0.5, 0.6) is 0 Å². The Morgan fingerprint density at radius 3 is 2.88 bits per heavy atom. The summed E-state index contributed by atoms with van der Waals surface area (Å²) in [4.78, 5) is 10.9. The van der Waals surface area contributed by atoms with Crippen LogP contribution >= 0.6 is 23.4 Å². The normalized spacial score (nSPS) is 10.6. The Hall–Kier alpha value is -1.26. The molecule has 0 aliphatic rings. The van der Waals surface area contributed by atoms with Crippen molar-refractivity contribution in [1.82, 2.24) is 0 Å². The van der Waals surface area contributed by atoms with Crippen LogP contribution in [0, 0.1) is 10.1 Å². The Labute approximate surface area is 102 Å². The molecule has 5 heteroatoms. The van der Waals surface area contributed by atoms with Gasteiger partial charge in [-0.3, -0.25) is 10.1 Å². The van der Waals surface area contributed by atoms with Crippen molar-refractivity contribution in [3.05, 3.63) is 51.5 Å². The molecule has 0 aliphatic heterocycles. The first kappa shape index (κ1) is 11.2. The minimum absolute atomic E-state index is 0.133. The second kappa shape index (κ2) is 4.72. The molecule has 0 atom stereocenters. The van der Waals surface area contributed by atoms with Crippen LogP contribution in [0.1, 0.15) is 0 Å². The highest BCUT2D eigenvalue weighted by molar-refractivity contribution is 7.99. The molecule has 82 valence electrons. The van der Waals surface area contributed by atoms with Crippen LogP contribution in [0.15, 0.2) is 41.3 Å². The summed E-state index contributed by atoms with van der Waals surface area (Å²) in [5.74, 6) is -0.133. The second-order valence-electron chi connectivity index (χ2n) is 3.23. The molecule has 0 spiro atoms. The molecule has 0 amide bonds. The predicted molar refractivity (Wildman–Crippen MR) is 66.7 cm³/mol. The van der Waals surface area contributed by atoms with Crippen molar-refractivity contribution in [2.75, 3.05) is 5.88 Å². The van der Waals surface area contributed by atoms with Crippen molar-refractivity contribution in [3.8, 4) is 0 Å². The van der Waals surface area contributed by atoms with Gasteiger partial charge in [0.25, 0.3) is 5.88 Å². The molecule has 16 heavy (non-hydrogen) atoms. The molecule has 0 aromatic heterocycles. The third-order valence-corrected chi connectivity index (χ3v) is 3.37. The van der Waals surface area contributed by atoms with Gasteiger partial charge in [-0.25, -0.2) is 0 Å². The van der Waals surface area contributed by atoms with Crippen molar-refractivity contribution in [3.63, 3.8) is 0 Å². The Balaban J connectivity index is 2.43. The molecule has 0 saturated carbocycles. The SMILES string of the molecule is O=[N+]([O-])CSc1cccc2ccc(Cl)cc12. The van der Waals surface area contributed by atoms with E-state index in [0.717, 1.165) is 15.7 Å². The van der Waals surface area contributed by atoms with Crippen molar-refractivity contribution in [2.45, 2.75) is 4.90 Å². The highest BCUT2D eigenvalue weighted by Crippen LogP contribution is 2.29. The quantitative estimate of drug-likeness (QED) is 0.361. The molecule has 2 aromatic carbocycles. The van der Waals surface area contributed by atoms with Gasteiger partial charge in [-0.2, -0.15) is 0 Å². The highest BCUT2D eigenvalue weighted by atomic mass is 35.5. The van der Waals surface area contributed by atoms with Crippen molar-refractivity contribution in [1.29, 1.82) is 0 Å². The molecule has 0 aliphatic carbocycles. The lowest BCUT2D eigenvalue weighted by molar-refractivity contribution is -0.456. The maximum atomic E-state index is 10.3. The number of nitrogens with zero attached hydrogens (tertiary/aromatic N) is 1. The first-order valence-corrected chi connectivity index (χ1v) is 5.96. The van der Waals surface area contributed by atoms with Gasteiger partial charge in [0.15, 0.2) is 0 Å². The Morgan fingerprint density at radius 1 is 1.31 bits per heavy atom. The standard InChI is InChI=1S/C11H8ClNO2S/c12-9-5-4-8-2-1-3-11(10(8)6-9)16-7-13(14)15/h1-6H,7H2. The topological polar surface area (TPSA) is 43.1 Å². The first-order valence-electron chi connectivity index (χ1n) is 4.60. The third-order valence-electron chi connectivity index (χ3n) is 2.13. The molecular weight excluding hydrogens is 246 g/mol. The molecule has 0 radical (unpaired) electrons. The fourth-order valence-corrected chi connectivity index (χ4v) is 2.39. The number of rotatable bonds is 3. The summed E-state index contributed by atoms with van der Waals surface area (Å²) in [5, 5.41) is 13.0. The van der Waals surface area contributed by atoms with Crippen molar-refractivity contribution < 1.29 is 4.92 Å². The zero-order valence-corrected chi connectivity index (χ0v) is 9.79. The van der Waals surface area contributed by atoms with Gasteiger partial charge in [-0.1, -0.05) is 29.8 Å². The Morgan fingerprint density at radius 2 is 2.12 bits per heavy atom. The van der Waals surface area contributed by atoms with Gasteiger partial charge in [0.05, 0.1) is 0 Å². The summed E-state index contributed by atoms with van der Waals surface area (Å²) >= 11 is 7.12. The minimum Gasteiger partial charge on any atom is -0.264 e. The van der Waals surface area contributed by atoms with Crippen LogP contribution in [-0.2, 0) is 0 Å². The van der Waals surface area contributed by atoms with Gasteiger partial charge >= 0.3 is 0 Å². The maximum absolute atomic E-state index is 10.3. The van der Waals surface area contributed by atoms with E-state index in [2.05, 4.69) is 0 Å². The van der Waals surface area contributed by atoms with E-state index >= 15 is 0 Å². The van der Waals surface area contributed by atoms with E-state index in [1.165, 1.54) is 11.8 Å². The van der Waals surface area contributed by atoms with Gasteiger partial charge in [-0.15, -0.1) is 0 Å². The monoisotopic (exact) mass is 253 g/mol. The molecule has 0 heterocycles. The summed E-state index contributed by atoms with van der Waals surface area (Å²) in [7, 11) is 0. The van der Waals surface area contributed by atoms with E-state index in [1.54, 1.807) is 0 Å². The lowest BCUT2D eigenvalue weighted by Gasteiger charge is -2.04. The van der Waals surface area contributed by atoms with Gasteiger partial charge in [-0.05, 0) is 40.7 Å². The van der Waals surface area contributed by atoms with Gasteiger partial charge < -0.3 is 0 Å². The van der Waals surface area contributed by atoms with Crippen LogP contribution in [0.4, 0.5) is 0 Å². The fourth-order valence-electron chi connectivity index (χ4n) is 1.46. The highest BCUT2D eigenvalue weighted by Gasteiger charge is 2.05. The predicted octanol–water partition coefficient (Wildman–Crippen LogP) is 3.82.